The fourth-order valence-corrected chi connectivity index (χ4v) is 4.41. The number of fused-ring (bicyclic) bond motifs is 1. The second kappa shape index (κ2) is 10.1. The number of amides is 1. The van der Waals surface area contributed by atoms with Crippen molar-refractivity contribution in [3.8, 4) is 5.75 Å². The number of methoxy groups -OCH3 is 1. The van der Waals surface area contributed by atoms with Crippen molar-refractivity contribution < 1.29 is 14.3 Å². The van der Waals surface area contributed by atoms with Gasteiger partial charge in [0.1, 0.15) is 11.3 Å². The molecule has 0 saturated carbocycles. The molecular formula is C21H25ClN4O3S. The normalized spacial score (nSPS) is 13.7. The Balaban J connectivity index is 0.00000256. The Kier molecular flexibility index (Phi) is 7.49. The highest BCUT2D eigenvalue weighted by Gasteiger charge is 2.20. The summed E-state index contributed by atoms with van der Waals surface area (Å²) >= 11 is 1.47. The minimum absolute atomic E-state index is 0. The molecule has 2 N–H and O–H groups in total. The van der Waals surface area contributed by atoms with Crippen LogP contribution in [0.15, 0.2) is 36.4 Å². The number of thiazole rings is 1. The van der Waals surface area contributed by atoms with Gasteiger partial charge in [0.05, 0.1) is 30.7 Å². The number of hydrogen-bond acceptors (Lipinski definition) is 7. The van der Waals surface area contributed by atoms with E-state index in [9.17, 15) is 4.79 Å². The van der Waals surface area contributed by atoms with E-state index in [1.165, 1.54) is 11.3 Å². The molecule has 2 aromatic carbocycles. The van der Waals surface area contributed by atoms with Gasteiger partial charge in [0.25, 0.3) is 5.91 Å². The predicted octanol–water partition coefficient (Wildman–Crippen LogP) is 3.54. The Morgan fingerprint density at radius 1 is 1.20 bits per heavy atom. The summed E-state index contributed by atoms with van der Waals surface area (Å²) in [5.41, 5.74) is 3.59. The van der Waals surface area contributed by atoms with E-state index in [1.54, 1.807) is 7.11 Å². The number of aromatic nitrogens is 1. The van der Waals surface area contributed by atoms with Gasteiger partial charge >= 0.3 is 0 Å². The first kappa shape index (κ1) is 22.3. The van der Waals surface area contributed by atoms with Gasteiger partial charge in [-0.05, 0) is 36.9 Å². The summed E-state index contributed by atoms with van der Waals surface area (Å²) in [5.74, 6) is 0.525. The molecule has 0 radical (unpaired) electrons. The topological polar surface area (TPSA) is 75.7 Å². The third-order valence-electron chi connectivity index (χ3n) is 4.87. The fraction of sp³-hybridized carbons (Fsp3) is 0.333. The summed E-state index contributed by atoms with van der Waals surface area (Å²) in [7, 11) is 3.53. The SMILES string of the molecule is CNCc1ccc(C(=O)Nc2nc3c(OC)ccc(N4CCOCC4)c3s2)cc1.Cl. The highest BCUT2D eigenvalue weighted by atomic mass is 35.5. The number of nitrogens with zero attached hydrogens (tertiary/aromatic N) is 2. The molecule has 9 heteroatoms. The number of carbonyl (C=O) groups excluding carboxylic acids is 1. The van der Waals surface area contributed by atoms with Gasteiger partial charge in [-0.25, -0.2) is 4.98 Å². The quantitative estimate of drug-likeness (QED) is 0.600. The lowest BCUT2D eigenvalue weighted by molar-refractivity contribution is 0.102. The van der Waals surface area contributed by atoms with Gasteiger partial charge in [-0.2, -0.15) is 0 Å². The summed E-state index contributed by atoms with van der Waals surface area (Å²) in [6.07, 6.45) is 0. The number of anilines is 2. The summed E-state index contributed by atoms with van der Waals surface area (Å²) in [6, 6.07) is 11.5. The maximum Gasteiger partial charge on any atom is 0.257 e. The van der Waals surface area contributed by atoms with Crippen molar-refractivity contribution in [1.82, 2.24) is 10.3 Å². The number of halogens is 1. The van der Waals surface area contributed by atoms with Gasteiger partial charge < -0.3 is 19.7 Å². The van der Waals surface area contributed by atoms with Gasteiger partial charge in [-0.3, -0.25) is 10.1 Å². The van der Waals surface area contributed by atoms with Gasteiger partial charge in [-0.1, -0.05) is 23.5 Å². The van der Waals surface area contributed by atoms with E-state index in [1.807, 2.05) is 37.4 Å². The summed E-state index contributed by atoms with van der Waals surface area (Å²) < 4.78 is 12.0. The Hall–Kier alpha value is -2.39. The maximum absolute atomic E-state index is 12.7. The molecule has 1 aliphatic rings. The molecule has 4 rings (SSSR count). The van der Waals surface area contributed by atoms with Crippen molar-refractivity contribution in [2.45, 2.75) is 6.54 Å². The Morgan fingerprint density at radius 3 is 2.60 bits per heavy atom. The zero-order valence-electron chi connectivity index (χ0n) is 16.9. The van der Waals surface area contributed by atoms with Crippen LogP contribution in [0, 0.1) is 0 Å². The summed E-state index contributed by atoms with van der Waals surface area (Å²) in [5, 5.41) is 6.59. The molecule has 7 nitrogen and oxygen atoms in total. The smallest absolute Gasteiger partial charge is 0.257 e. The van der Waals surface area contributed by atoms with E-state index < -0.39 is 0 Å². The largest absolute Gasteiger partial charge is 0.494 e. The average Bonchev–Trinajstić information content (AvgIpc) is 3.18. The number of rotatable bonds is 6. The van der Waals surface area contributed by atoms with Crippen molar-refractivity contribution in [2.24, 2.45) is 0 Å². The molecule has 1 fully saturated rings. The first-order valence-electron chi connectivity index (χ1n) is 9.54. The first-order valence-corrected chi connectivity index (χ1v) is 10.4. The molecule has 1 saturated heterocycles. The Morgan fingerprint density at radius 2 is 1.93 bits per heavy atom. The number of nitrogens with one attached hydrogen (secondary N) is 2. The fourth-order valence-electron chi connectivity index (χ4n) is 3.39. The van der Waals surface area contributed by atoms with Gasteiger partial charge in [-0.15, -0.1) is 12.4 Å². The van der Waals surface area contributed by atoms with Crippen LogP contribution in [0.25, 0.3) is 10.2 Å². The third-order valence-corrected chi connectivity index (χ3v) is 5.87. The Bertz CT molecular complexity index is 1000. The third kappa shape index (κ3) is 4.67. The van der Waals surface area contributed by atoms with E-state index in [2.05, 4.69) is 26.6 Å². The summed E-state index contributed by atoms with van der Waals surface area (Å²) in [6.45, 7) is 3.85. The zero-order valence-corrected chi connectivity index (χ0v) is 18.6. The van der Waals surface area contributed by atoms with Crippen molar-refractivity contribution in [2.75, 3.05) is 50.7 Å². The molecule has 0 aliphatic carbocycles. The lowest BCUT2D eigenvalue weighted by Crippen LogP contribution is -2.36. The highest BCUT2D eigenvalue weighted by Crippen LogP contribution is 2.39. The van der Waals surface area contributed by atoms with Crippen LogP contribution in [0.5, 0.6) is 5.75 Å². The molecule has 0 spiro atoms. The average molecular weight is 449 g/mol. The van der Waals surface area contributed by atoms with Crippen LogP contribution in [0.2, 0.25) is 0 Å². The van der Waals surface area contributed by atoms with Gasteiger partial charge in [0.2, 0.25) is 0 Å². The van der Waals surface area contributed by atoms with E-state index in [0.717, 1.165) is 41.1 Å². The van der Waals surface area contributed by atoms with Crippen LogP contribution >= 0.6 is 23.7 Å². The molecular weight excluding hydrogens is 424 g/mol. The molecule has 2 heterocycles. The highest BCUT2D eigenvalue weighted by molar-refractivity contribution is 7.23. The van der Waals surface area contributed by atoms with Crippen LogP contribution < -0.4 is 20.3 Å². The van der Waals surface area contributed by atoms with E-state index >= 15 is 0 Å². The zero-order chi connectivity index (χ0) is 20.2. The van der Waals surface area contributed by atoms with E-state index in [-0.39, 0.29) is 18.3 Å². The van der Waals surface area contributed by atoms with E-state index in [4.69, 9.17) is 9.47 Å². The van der Waals surface area contributed by atoms with Gasteiger partial charge in [0, 0.05) is 25.2 Å². The minimum Gasteiger partial charge on any atom is -0.494 e. The van der Waals surface area contributed by atoms with Crippen molar-refractivity contribution in [3.63, 3.8) is 0 Å². The van der Waals surface area contributed by atoms with E-state index in [0.29, 0.717) is 29.7 Å². The van der Waals surface area contributed by atoms with Crippen molar-refractivity contribution in [1.29, 1.82) is 0 Å². The van der Waals surface area contributed by atoms with Crippen molar-refractivity contribution in [3.05, 3.63) is 47.5 Å². The molecule has 30 heavy (non-hydrogen) atoms. The monoisotopic (exact) mass is 448 g/mol. The second-order valence-corrected chi connectivity index (χ2v) is 7.76. The van der Waals surface area contributed by atoms with Crippen molar-refractivity contribution >= 4 is 50.7 Å². The molecule has 0 bridgehead atoms. The molecule has 1 aromatic heterocycles. The Labute approximate surface area is 185 Å². The van der Waals surface area contributed by atoms with Crippen LogP contribution in [-0.2, 0) is 11.3 Å². The number of hydrogen-bond donors (Lipinski definition) is 2. The minimum atomic E-state index is -0.174. The maximum atomic E-state index is 12.7. The number of ether oxygens (including phenoxy) is 2. The molecule has 1 amide bonds. The molecule has 1 aliphatic heterocycles. The van der Waals surface area contributed by atoms with Gasteiger partial charge in [0.15, 0.2) is 5.13 Å². The first-order chi connectivity index (χ1) is 14.2. The van der Waals surface area contributed by atoms with Crippen LogP contribution in [-0.4, -0.2) is 51.4 Å². The molecule has 160 valence electrons. The predicted molar refractivity (Wildman–Crippen MR) is 124 cm³/mol. The molecule has 0 unspecified atom stereocenters. The number of carbonyl (C=O) groups is 1. The number of benzene rings is 2. The molecule has 0 atom stereocenters. The molecule has 3 aromatic rings. The lowest BCUT2D eigenvalue weighted by atomic mass is 10.1. The lowest BCUT2D eigenvalue weighted by Gasteiger charge is -2.29. The number of morpholine rings is 1. The van der Waals surface area contributed by atoms with Crippen LogP contribution in [0.1, 0.15) is 15.9 Å². The summed E-state index contributed by atoms with van der Waals surface area (Å²) in [4.78, 5) is 19.6. The van der Waals surface area contributed by atoms with Crippen LogP contribution in [0.3, 0.4) is 0 Å². The standard InChI is InChI=1S/C21H24N4O3S.ClH/c1-22-13-14-3-5-15(6-4-14)20(26)24-21-23-18-17(27-2)8-7-16(19(18)29-21)25-9-11-28-12-10-25;/h3-8,22H,9-13H2,1-2H3,(H,23,24,26);1H. The second-order valence-electron chi connectivity index (χ2n) is 6.76. The van der Waals surface area contributed by atoms with Crippen LogP contribution in [0.4, 0.5) is 10.8 Å².